The number of hydrogen-bond donors (Lipinski definition) is 1. The van der Waals surface area contributed by atoms with E-state index in [-0.39, 0.29) is 6.42 Å². The highest BCUT2D eigenvalue weighted by Gasteiger charge is 2.17. The van der Waals surface area contributed by atoms with Gasteiger partial charge in [0.1, 0.15) is 0 Å². The summed E-state index contributed by atoms with van der Waals surface area (Å²) in [5, 5.41) is 9.90. The van der Waals surface area contributed by atoms with Crippen LogP contribution in [-0.2, 0) is 16.0 Å². The smallest absolute Gasteiger partial charge is 0.308 e. The highest BCUT2D eigenvalue weighted by Crippen LogP contribution is 2.40. The zero-order valence-electron chi connectivity index (χ0n) is 13.5. The summed E-state index contributed by atoms with van der Waals surface area (Å²) in [5.41, 5.74) is 0.878. The predicted molar refractivity (Wildman–Crippen MR) is 81.7 cm³/mol. The average Bonchev–Trinajstić information content (AvgIpc) is 2.51. The number of aliphatic hydroxyl groups excluding tert-OH is 1. The number of methoxy groups -OCH3 is 3. The summed E-state index contributed by atoms with van der Waals surface area (Å²) in [7, 11) is 4.65. The highest BCUT2D eigenvalue weighted by molar-refractivity contribution is 5.69. The van der Waals surface area contributed by atoms with Crippen LogP contribution < -0.4 is 14.2 Å². The third-order valence-corrected chi connectivity index (χ3v) is 3.24. The van der Waals surface area contributed by atoms with Gasteiger partial charge in [-0.05, 0) is 31.4 Å². The molecule has 0 aliphatic rings. The number of aliphatic hydroxyl groups is 1. The van der Waals surface area contributed by atoms with Gasteiger partial charge in [-0.1, -0.05) is 6.07 Å². The first-order chi connectivity index (χ1) is 10.6. The molecule has 0 spiro atoms. The minimum Gasteiger partial charge on any atom is -0.493 e. The standard InChI is InChI=1S/C16H24O6/c1-5-22-14(18)10-12(17)8-6-11-7-9-13(19-2)16(21-4)15(11)20-3/h7,9,12,17H,5-6,8,10H2,1-4H3. The van der Waals surface area contributed by atoms with E-state index in [0.717, 1.165) is 5.56 Å². The number of rotatable bonds is 9. The minimum absolute atomic E-state index is 0.0105. The molecule has 0 aliphatic heterocycles. The van der Waals surface area contributed by atoms with E-state index < -0.39 is 12.1 Å². The largest absolute Gasteiger partial charge is 0.493 e. The molecule has 0 heterocycles. The first-order valence-corrected chi connectivity index (χ1v) is 7.18. The Morgan fingerprint density at radius 2 is 1.82 bits per heavy atom. The van der Waals surface area contributed by atoms with Gasteiger partial charge in [0, 0.05) is 0 Å². The van der Waals surface area contributed by atoms with Crippen molar-refractivity contribution in [2.45, 2.75) is 32.3 Å². The van der Waals surface area contributed by atoms with Crippen molar-refractivity contribution in [2.24, 2.45) is 0 Å². The molecule has 0 amide bonds. The topological polar surface area (TPSA) is 74.2 Å². The number of hydrogen-bond acceptors (Lipinski definition) is 6. The Balaban J connectivity index is 2.75. The Morgan fingerprint density at radius 1 is 1.14 bits per heavy atom. The third-order valence-electron chi connectivity index (χ3n) is 3.24. The maximum atomic E-state index is 11.3. The van der Waals surface area contributed by atoms with Crippen molar-refractivity contribution < 1.29 is 28.8 Å². The lowest BCUT2D eigenvalue weighted by Gasteiger charge is -2.16. The van der Waals surface area contributed by atoms with Crippen molar-refractivity contribution in [2.75, 3.05) is 27.9 Å². The van der Waals surface area contributed by atoms with Gasteiger partial charge < -0.3 is 24.1 Å². The normalized spacial score (nSPS) is 11.7. The van der Waals surface area contributed by atoms with Gasteiger partial charge in [-0.3, -0.25) is 4.79 Å². The van der Waals surface area contributed by atoms with Crippen LogP contribution in [0.3, 0.4) is 0 Å². The molecule has 1 N–H and O–H groups in total. The van der Waals surface area contributed by atoms with Gasteiger partial charge in [0.25, 0.3) is 0 Å². The zero-order chi connectivity index (χ0) is 16.5. The van der Waals surface area contributed by atoms with Crippen molar-refractivity contribution >= 4 is 5.97 Å². The summed E-state index contributed by atoms with van der Waals surface area (Å²) in [6, 6.07) is 3.64. The van der Waals surface area contributed by atoms with Crippen LogP contribution in [0.5, 0.6) is 17.2 Å². The lowest BCUT2D eigenvalue weighted by molar-refractivity contribution is -0.145. The minimum atomic E-state index is -0.753. The predicted octanol–water partition coefficient (Wildman–Crippen LogP) is 1.96. The quantitative estimate of drug-likeness (QED) is 0.703. The molecule has 22 heavy (non-hydrogen) atoms. The molecule has 0 radical (unpaired) electrons. The summed E-state index contributed by atoms with van der Waals surface area (Å²) >= 11 is 0. The SMILES string of the molecule is CCOC(=O)CC(O)CCc1ccc(OC)c(OC)c1OC. The van der Waals surface area contributed by atoms with Crippen molar-refractivity contribution in [3.63, 3.8) is 0 Å². The molecule has 6 nitrogen and oxygen atoms in total. The summed E-state index contributed by atoms with van der Waals surface area (Å²) < 4.78 is 20.7. The first-order valence-electron chi connectivity index (χ1n) is 7.18. The molecule has 0 bridgehead atoms. The van der Waals surface area contributed by atoms with Gasteiger partial charge in [0.15, 0.2) is 11.5 Å². The van der Waals surface area contributed by atoms with Crippen molar-refractivity contribution in [3.05, 3.63) is 17.7 Å². The maximum Gasteiger partial charge on any atom is 0.308 e. The Kier molecular flexibility index (Phi) is 7.52. The summed E-state index contributed by atoms with van der Waals surface area (Å²) in [6.07, 6.45) is 0.204. The van der Waals surface area contributed by atoms with Crippen LogP contribution in [0.2, 0.25) is 0 Å². The molecule has 1 unspecified atom stereocenters. The highest BCUT2D eigenvalue weighted by atomic mass is 16.5. The van der Waals surface area contributed by atoms with Gasteiger partial charge in [-0.2, -0.15) is 0 Å². The fraction of sp³-hybridized carbons (Fsp3) is 0.562. The van der Waals surface area contributed by atoms with Crippen LogP contribution in [0.1, 0.15) is 25.3 Å². The Hall–Kier alpha value is -1.95. The number of carbonyl (C=O) groups is 1. The summed E-state index contributed by atoms with van der Waals surface area (Å²) in [6.45, 7) is 2.05. The second-order valence-corrected chi connectivity index (χ2v) is 4.70. The molecule has 1 aromatic carbocycles. The third kappa shape index (κ3) is 4.80. The first kappa shape index (κ1) is 18.1. The molecule has 0 fully saturated rings. The van der Waals surface area contributed by atoms with Crippen LogP contribution >= 0.6 is 0 Å². The molecular formula is C16H24O6. The second-order valence-electron chi connectivity index (χ2n) is 4.70. The number of ether oxygens (including phenoxy) is 4. The average molecular weight is 312 g/mol. The van der Waals surface area contributed by atoms with Gasteiger partial charge in [-0.15, -0.1) is 0 Å². The van der Waals surface area contributed by atoms with Crippen LogP contribution in [0.15, 0.2) is 12.1 Å². The molecular weight excluding hydrogens is 288 g/mol. The van der Waals surface area contributed by atoms with Crippen molar-refractivity contribution in [1.82, 2.24) is 0 Å². The molecule has 124 valence electrons. The zero-order valence-corrected chi connectivity index (χ0v) is 13.5. The molecule has 1 aromatic rings. The van der Waals surface area contributed by atoms with Crippen LogP contribution in [-0.4, -0.2) is 45.1 Å². The molecule has 1 rings (SSSR count). The number of aryl methyl sites for hydroxylation is 1. The molecule has 0 saturated heterocycles. The number of esters is 1. The van der Waals surface area contributed by atoms with E-state index >= 15 is 0 Å². The fourth-order valence-electron chi connectivity index (χ4n) is 2.20. The van der Waals surface area contributed by atoms with E-state index in [2.05, 4.69) is 0 Å². The van der Waals surface area contributed by atoms with Crippen LogP contribution in [0, 0.1) is 0 Å². The molecule has 6 heteroatoms. The van der Waals surface area contributed by atoms with E-state index in [9.17, 15) is 9.90 Å². The lowest BCUT2D eigenvalue weighted by atomic mass is 10.0. The van der Waals surface area contributed by atoms with E-state index in [1.165, 1.54) is 0 Å². The van der Waals surface area contributed by atoms with Gasteiger partial charge in [0.05, 0.1) is 40.5 Å². The summed E-state index contributed by atoms with van der Waals surface area (Å²) in [4.78, 5) is 11.3. The molecule has 0 aromatic heterocycles. The number of carbonyl (C=O) groups excluding carboxylic acids is 1. The monoisotopic (exact) mass is 312 g/mol. The second kappa shape index (κ2) is 9.15. The van der Waals surface area contributed by atoms with E-state index in [1.54, 1.807) is 34.3 Å². The van der Waals surface area contributed by atoms with Crippen molar-refractivity contribution in [3.8, 4) is 17.2 Å². The van der Waals surface area contributed by atoms with Crippen molar-refractivity contribution in [1.29, 1.82) is 0 Å². The lowest BCUT2D eigenvalue weighted by Crippen LogP contribution is -2.16. The Labute approximate surface area is 130 Å². The molecule has 0 saturated carbocycles. The van der Waals surface area contributed by atoms with E-state index in [4.69, 9.17) is 18.9 Å². The molecule has 1 atom stereocenters. The van der Waals surface area contributed by atoms with Crippen LogP contribution in [0.4, 0.5) is 0 Å². The van der Waals surface area contributed by atoms with Gasteiger partial charge in [-0.25, -0.2) is 0 Å². The van der Waals surface area contributed by atoms with E-state index in [0.29, 0.717) is 36.7 Å². The Bertz CT molecular complexity index is 486. The van der Waals surface area contributed by atoms with Gasteiger partial charge >= 0.3 is 5.97 Å². The Morgan fingerprint density at radius 3 is 2.36 bits per heavy atom. The van der Waals surface area contributed by atoms with Crippen LogP contribution in [0.25, 0.3) is 0 Å². The number of benzene rings is 1. The van der Waals surface area contributed by atoms with E-state index in [1.807, 2.05) is 6.07 Å². The fourth-order valence-corrected chi connectivity index (χ4v) is 2.20. The summed E-state index contributed by atoms with van der Waals surface area (Å²) in [5.74, 6) is 1.28. The maximum absolute atomic E-state index is 11.3. The van der Waals surface area contributed by atoms with Gasteiger partial charge in [0.2, 0.25) is 5.75 Å². The molecule has 0 aliphatic carbocycles.